The topological polar surface area (TPSA) is 173 Å². The van der Waals surface area contributed by atoms with Crippen molar-refractivity contribution in [3.8, 4) is 11.8 Å². The van der Waals surface area contributed by atoms with Crippen molar-refractivity contribution in [2.45, 2.75) is 18.1 Å². The first-order valence-corrected chi connectivity index (χ1v) is 9.38. The number of nitrogens with zero attached hydrogens (tertiary/aromatic N) is 3. The minimum Gasteiger partial charge on any atom is -0.545 e. The Kier molecular flexibility index (Phi) is 8.79. The van der Waals surface area contributed by atoms with Crippen molar-refractivity contribution >= 4 is 28.0 Å². The number of rotatable bonds is 6. The third-order valence-corrected chi connectivity index (χ3v) is 4.74. The van der Waals surface area contributed by atoms with Crippen molar-refractivity contribution in [2.24, 2.45) is 0 Å². The molecule has 2 aromatic heterocycles. The van der Waals surface area contributed by atoms with E-state index in [0.717, 1.165) is 6.92 Å². The maximum absolute atomic E-state index is 13.0. The smallest absolute Gasteiger partial charge is 0.545 e. The summed E-state index contributed by atoms with van der Waals surface area (Å²) in [5.74, 6) is -2.74. The molecule has 0 saturated heterocycles. The minimum atomic E-state index is -5.20. The van der Waals surface area contributed by atoms with Crippen LogP contribution in [0, 0.1) is 6.92 Å². The van der Waals surface area contributed by atoms with Crippen molar-refractivity contribution in [1.29, 1.82) is 0 Å². The number of carbonyl (C=O) groups is 2. The number of urea groups is 1. The van der Waals surface area contributed by atoms with Crippen molar-refractivity contribution in [2.75, 3.05) is 19.5 Å². The van der Waals surface area contributed by atoms with Crippen molar-refractivity contribution in [1.82, 2.24) is 19.7 Å². The van der Waals surface area contributed by atoms with Gasteiger partial charge in [0.05, 0.1) is 26.3 Å². The zero-order chi connectivity index (χ0) is 23.6. The number of hydrogen-bond donors (Lipinski definition) is 2. The summed E-state index contributed by atoms with van der Waals surface area (Å²) in [6.07, 6.45) is -5.09. The first kappa shape index (κ1) is 27.3. The number of carboxylic acid groups (broad SMARTS) is 1. The van der Waals surface area contributed by atoms with Crippen LogP contribution in [-0.2, 0) is 16.2 Å². The fourth-order valence-electron chi connectivity index (χ4n) is 2.20. The number of carboxylic acids is 1. The van der Waals surface area contributed by atoms with E-state index in [9.17, 15) is 36.3 Å². The third kappa shape index (κ3) is 6.41. The van der Waals surface area contributed by atoms with Crippen LogP contribution in [0.5, 0.6) is 11.8 Å². The number of methoxy groups -OCH3 is 2. The summed E-state index contributed by atoms with van der Waals surface area (Å²) in [5.41, 5.74) is -3.42. The second-order valence-electron chi connectivity index (χ2n) is 5.63. The molecule has 0 aliphatic heterocycles. The van der Waals surface area contributed by atoms with Gasteiger partial charge in [-0.2, -0.15) is 31.6 Å². The largest absolute Gasteiger partial charge is 1.00 e. The predicted molar refractivity (Wildman–Crippen MR) is 92.8 cm³/mol. The van der Waals surface area contributed by atoms with Gasteiger partial charge in [0.15, 0.2) is 5.03 Å². The quantitative estimate of drug-likeness (QED) is 0.403. The molecule has 2 amide bonds. The van der Waals surface area contributed by atoms with Gasteiger partial charge in [-0.1, -0.05) is 0 Å². The molecule has 168 valence electrons. The Morgan fingerprint density at radius 2 is 1.59 bits per heavy atom. The number of amides is 2. The van der Waals surface area contributed by atoms with Crippen LogP contribution in [0.4, 0.5) is 23.9 Å². The summed E-state index contributed by atoms with van der Waals surface area (Å²) in [5, 5.41) is 11.6. The van der Waals surface area contributed by atoms with E-state index in [2.05, 4.69) is 15.0 Å². The molecule has 17 heteroatoms. The molecule has 2 heterocycles. The molecule has 0 aromatic carbocycles. The summed E-state index contributed by atoms with van der Waals surface area (Å²) in [6, 6.07) is 0.0403. The molecule has 0 spiro atoms. The van der Waals surface area contributed by atoms with Gasteiger partial charge in [0.2, 0.25) is 17.7 Å². The Balaban J connectivity index is 0.00000512. The Morgan fingerprint density at radius 1 is 1.06 bits per heavy atom. The zero-order valence-corrected chi connectivity index (χ0v) is 19.7. The molecular formula is C15H13F3N5NaO7S. The van der Waals surface area contributed by atoms with Crippen LogP contribution in [0.15, 0.2) is 17.2 Å². The number of alkyl halides is 3. The molecule has 0 unspecified atom stereocenters. The summed E-state index contributed by atoms with van der Waals surface area (Å²) >= 11 is 0. The molecular weight excluding hydrogens is 474 g/mol. The van der Waals surface area contributed by atoms with Gasteiger partial charge in [-0.25, -0.2) is 14.5 Å². The van der Waals surface area contributed by atoms with Gasteiger partial charge in [-0.15, -0.1) is 0 Å². The SMILES string of the molecule is COc1cc(OC)nc(NC(=O)NS(=O)(=O)c2nc(C(F)(F)F)cc(C)c2C(=O)[O-])n1.[Na+]. The van der Waals surface area contributed by atoms with Crippen LogP contribution in [0.3, 0.4) is 0 Å². The average molecular weight is 487 g/mol. The van der Waals surface area contributed by atoms with E-state index in [0.29, 0.717) is 6.07 Å². The Bertz CT molecular complexity index is 1120. The number of hydrogen-bond acceptors (Lipinski definition) is 10. The van der Waals surface area contributed by atoms with Gasteiger partial charge in [0.1, 0.15) is 5.69 Å². The number of halogens is 3. The normalized spacial score (nSPS) is 11.2. The molecule has 2 aromatic rings. The van der Waals surface area contributed by atoms with E-state index in [-0.39, 0.29) is 41.3 Å². The molecule has 2 N–H and O–H groups in total. The van der Waals surface area contributed by atoms with Crippen LogP contribution in [0.1, 0.15) is 21.6 Å². The fraction of sp³-hybridized carbons (Fsp3) is 0.267. The summed E-state index contributed by atoms with van der Waals surface area (Å²) < 4.78 is 74.9. The maximum atomic E-state index is 13.0. The Hall–Kier alpha value is -2.69. The molecule has 0 bridgehead atoms. The van der Waals surface area contributed by atoms with Crippen LogP contribution in [0.25, 0.3) is 0 Å². The molecule has 0 saturated carbocycles. The number of aryl methyl sites for hydroxylation is 1. The van der Waals surface area contributed by atoms with Crippen molar-refractivity contribution in [3.63, 3.8) is 0 Å². The van der Waals surface area contributed by atoms with E-state index < -0.39 is 56.0 Å². The van der Waals surface area contributed by atoms with E-state index in [1.165, 1.54) is 25.0 Å². The summed E-state index contributed by atoms with van der Waals surface area (Å²) in [6.45, 7) is 0.914. The van der Waals surface area contributed by atoms with E-state index >= 15 is 0 Å². The van der Waals surface area contributed by atoms with Gasteiger partial charge in [0, 0.05) is 5.56 Å². The number of pyridine rings is 1. The van der Waals surface area contributed by atoms with Crippen molar-refractivity contribution < 1.29 is 75.3 Å². The minimum absolute atomic E-state index is 0. The molecule has 0 fully saturated rings. The predicted octanol–water partition coefficient (Wildman–Crippen LogP) is -2.91. The van der Waals surface area contributed by atoms with Gasteiger partial charge in [-0.05, 0) is 18.6 Å². The molecule has 0 aliphatic carbocycles. The summed E-state index contributed by atoms with van der Waals surface area (Å²) in [7, 11) is -2.73. The molecule has 2 rings (SSSR count). The van der Waals surface area contributed by atoms with Crippen molar-refractivity contribution in [3.05, 3.63) is 29.0 Å². The third-order valence-electron chi connectivity index (χ3n) is 3.48. The average Bonchev–Trinajstić information content (AvgIpc) is 2.65. The second-order valence-corrected chi connectivity index (χ2v) is 7.22. The summed E-state index contributed by atoms with van der Waals surface area (Å²) in [4.78, 5) is 33.6. The van der Waals surface area contributed by atoms with Gasteiger partial charge >= 0.3 is 41.8 Å². The van der Waals surface area contributed by atoms with Crippen LogP contribution >= 0.6 is 0 Å². The van der Waals surface area contributed by atoms with Crippen LogP contribution < -0.4 is 54.2 Å². The Morgan fingerprint density at radius 3 is 2.03 bits per heavy atom. The molecule has 32 heavy (non-hydrogen) atoms. The number of carbonyl (C=O) groups excluding carboxylic acids is 2. The van der Waals surface area contributed by atoms with Gasteiger partial charge in [0.25, 0.3) is 10.0 Å². The second kappa shape index (κ2) is 10.3. The first-order valence-electron chi connectivity index (χ1n) is 7.89. The number of sulfonamides is 1. The van der Waals surface area contributed by atoms with Crippen LogP contribution in [-0.4, -0.2) is 49.6 Å². The van der Waals surface area contributed by atoms with E-state index in [1.54, 1.807) is 0 Å². The fourth-order valence-corrected chi connectivity index (χ4v) is 3.32. The Labute approximate surface area is 200 Å². The maximum Gasteiger partial charge on any atom is 1.00 e. The number of aromatic carboxylic acids is 1. The van der Waals surface area contributed by atoms with Crippen LogP contribution in [0.2, 0.25) is 0 Å². The molecule has 0 aliphatic rings. The number of ether oxygens (including phenoxy) is 2. The molecule has 0 radical (unpaired) electrons. The van der Waals surface area contributed by atoms with Gasteiger partial charge in [-0.3, -0.25) is 5.32 Å². The van der Waals surface area contributed by atoms with Gasteiger partial charge < -0.3 is 19.4 Å². The molecule has 12 nitrogen and oxygen atoms in total. The number of nitrogens with one attached hydrogen (secondary N) is 2. The zero-order valence-electron chi connectivity index (χ0n) is 16.9. The molecule has 0 atom stereocenters. The first-order chi connectivity index (χ1) is 14.3. The number of aromatic nitrogens is 3. The standard InChI is InChI=1S/C15H14F3N5O7S.Na/c1-6-4-7(15(16,17)18)19-11(10(6)12(24)25)31(27,28)23-14(26)22-13-20-8(29-2)5-9(21-13)30-3;/h4-5H,1-3H3,(H,24,25)(H2,20,21,22,23,26);/q;+1/p-1. The monoisotopic (exact) mass is 487 g/mol. The van der Waals surface area contributed by atoms with E-state index in [1.807, 2.05) is 5.32 Å². The van der Waals surface area contributed by atoms with E-state index in [4.69, 9.17) is 9.47 Å². The number of anilines is 1.